The lowest BCUT2D eigenvalue weighted by Gasteiger charge is -2.02. The third-order valence-electron chi connectivity index (χ3n) is 1.42. The molecule has 0 aromatic carbocycles. The number of aliphatic imine (C=N–C) groups is 1. The summed E-state index contributed by atoms with van der Waals surface area (Å²) in [6.45, 7) is 4.39. The van der Waals surface area contributed by atoms with Crippen molar-refractivity contribution < 1.29 is 9.59 Å². The van der Waals surface area contributed by atoms with Gasteiger partial charge in [0.25, 0.3) is 0 Å². The zero-order valence-corrected chi connectivity index (χ0v) is 8.39. The van der Waals surface area contributed by atoms with E-state index in [1.807, 2.05) is 0 Å². The fourth-order valence-corrected chi connectivity index (χ4v) is 1.53. The van der Waals surface area contributed by atoms with Crippen molar-refractivity contribution in [3.05, 3.63) is 12.7 Å². The molecule has 14 heavy (non-hydrogen) atoms. The second kappa shape index (κ2) is 5.43. The van der Waals surface area contributed by atoms with Crippen LogP contribution in [0.3, 0.4) is 0 Å². The van der Waals surface area contributed by atoms with E-state index in [1.165, 1.54) is 17.8 Å². The highest BCUT2D eigenvalue weighted by molar-refractivity contribution is 8.14. The Hall–Kier alpha value is -1.30. The monoisotopic (exact) mass is 213 g/mol. The summed E-state index contributed by atoms with van der Waals surface area (Å²) < 4.78 is 0. The van der Waals surface area contributed by atoms with Crippen LogP contribution in [0.25, 0.3) is 0 Å². The van der Waals surface area contributed by atoms with Crippen molar-refractivity contribution in [2.24, 2.45) is 4.99 Å². The molecule has 5 nitrogen and oxygen atoms in total. The summed E-state index contributed by atoms with van der Waals surface area (Å²) in [7, 11) is 0. The maximum absolute atomic E-state index is 11.2. The molecule has 0 saturated carbocycles. The standard InChI is InChI=1S/C8H11N3O2S/c1-2-3-9-6(12)7(13)11-8-10-4-5-14-8/h2H,1,3-5H2,(H,9,12)(H,10,11,13). The number of amides is 2. The van der Waals surface area contributed by atoms with Crippen molar-refractivity contribution in [3.8, 4) is 0 Å². The Labute approximate surface area is 86.0 Å². The molecule has 6 heteroatoms. The molecule has 0 unspecified atom stereocenters. The lowest BCUT2D eigenvalue weighted by Crippen LogP contribution is -2.41. The molecule has 2 N–H and O–H groups in total. The predicted octanol–water partition coefficient (Wildman–Crippen LogP) is -0.492. The molecule has 0 saturated heterocycles. The highest BCUT2D eigenvalue weighted by Crippen LogP contribution is 2.08. The predicted molar refractivity (Wildman–Crippen MR) is 56.1 cm³/mol. The summed E-state index contributed by atoms with van der Waals surface area (Å²) in [5.41, 5.74) is 0. The van der Waals surface area contributed by atoms with Gasteiger partial charge in [0.1, 0.15) is 0 Å². The van der Waals surface area contributed by atoms with Crippen LogP contribution in [0.2, 0.25) is 0 Å². The van der Waals surface area contributed by atoms with E-state index in [4.69, 9.17) is 0 Å². The molecule has 1 aliphatic heterocycles. The second-order valence-electron chi connectivity index (χ2n) is 2.49. The van der Waals surface area contributed by atoms with Crippen LogP contribution in [0.1, 0.15) is 0 Å². The number of amidine groups is 1. The largest absolute Gasteiger partial charge is 0.344 e. The molecule has 0 radical (unpaired) electrons. The zero-order chi connectivity index (χ0) is 10.4. The normalized spacial score (nSPS) is 14.4. The summed E-state index contributed by atoms with van der Waals surface area (Å²) in [6, 6.07) is 0. The molecular formula is C8H11N3O2S. The number of carbonyl (C=O) groups is 2. The van der Waals surface area contributed by atoms with Crippen molar-refractivity contribution in [2.75, 3.05) is 18.8 Å². The molecule has 76 valence electrons. The topological polar surface area (TPSA) is 70.6 Å². The smallest absolute Gasteiger partial charge is 0.315 e. The minimum absolute atomic E-state index is 0.284. The minimum atomic E-state index is -0.681. The molecular weight excluding hydrogens is 202 g/mol. The van der Waals surface area contributed by atoms with Crippen molar-refractivity contribution in [2.45, 2.75) is 0 Å². The van der Waals surface area contributed by atoms with Gasteiger partial charge in [0.05, 0.1) is 6.54 Å². The molecule has 2 amide bonds. The fraction of sp³-hybridized carbons (Fsp3) is 0.375. The Morgan fingerprint density at radius 1 is 1.57 bits per heavy atom. The molecule has 0 fully saturated rings. The molecule has 1 aliphatic rings. The van der Waals surface area contributed by atoms with Crippen molar-refractivity contribution in [1.82, 2.24) is 10.6 Å². The second-order valence-corrected chi connectivity index (χ2v) is 3.57. The molecule has 0 aliphatic carbocycles. The van der Waals surface area contributed by atoms with Crippen molar-refractivity contribution in [3.63, 3.8) is 0 Å². The van der Waals surface area contributed by atoms with E-state index in [0.717, 1.165) is 5.75 Å². The lowest BCUT2D eigenvalue weighted by atomic mass is 10.5. The van der Waals surface area contributed by atoms with E-state index in [0.29, 0.717) is 11.7 Å². The van der Waals surface area contributed by atoms with Crippen molar-refractivity contribution >= 4 is 28.7 Å². The fourth-order valence-electron chi connectivity index (χ4n) is 0.810. The van der Waals surface area contributed by atoms with Crippen LogP contribution in [0.15, 0.2) is 17.6 Å². The number of carbonyl (C=O) groups excluding carboxylic acids is 2. The highest BCUT2D eigenvalue weighted by Gasteiger charge is 2.16. The molecule has 1 rings (SSSR count). The van der Waals surface area contributed by atoms with Crippen LogP contribution < -0.4 is 10.6 Å². The van der Waals surface area contributed by atoms with Crippen LogP contribution in [-0.4, -0.2) is 35.8 Å². The third-order valence-corrected chi connectivity index (χ3v) is 2.31. The van der Waals surface area contributed by atoms with Crippen LogP contribution in [0.5, 0.6) is 0 Å². The number of rotatable bonds is 2. The molecule has 0 atom stereocenters. The lowest BCUT2D eigenvalue weighted by molar-refractivity contribution is -0.138. The highest BCUT2D eigenvalue weighted by atomic mass is 32.2. The molecule has 0 spiro atoms. The van der Waals surface area contributed by atoms with Gasteiger partial charge in [-0.25, -0.2) is 0 Å². The number of nitrogens with zero attached hydrogens (tertiary/aromatic N) is 1. The van der Waals surface area contributed by atoms with Crippen LogP contribution in [0, 0.1) is 0 Å². The van der Waals surface area contributed by atoms with Gasteiger partial charge in [-0.3, -0.25) is 19.9 Å². The van der Waals surface area contributed by atoms with E-state index in [2.05, 4.69) is 22.2 Å². The number of hydrogen-bond acceptors (Lipinski definition) is 4. The zero-order valence-electron chi connectivity index (χ0n) is 7.58. The Kier molecular flexibility index (Phi) is 4.18. The van der Waals surface area contributed by atoms with Gasteiger partial charge in [-0.1, -0.05) is 17.8 Å². The van der Waals surface area contributed by atoms with Gasteiger partial charge in [0, 0.05) is 12.3 Å². The van der Waals surface area contributed by atoms with Gasteiger partial charge in [-0.05, 0) is 0 Å². The number of thioether (sulfide) groups is 1. The Morgan fingerprint density at radius 3 is 2.93 bits per heavy atom. The Balaban J connectivity index is 2.33. The number of hydrogen-bond donors (Lipinski definition) is 2. The number of nitrogens with one attached hydrogen (secondary N) is 2. The Bertz CT molecular complexity index is 288. The van der Waals surface area contributed by atoms with Crippen molar-refractivity contribution in [1.29, 1.82) is 0 Å². The first-order chi connectivity index (χ1) is 6.74. The minimum Gasteiger partial charge on any atom is -0.344 e. The first-order valence-electron chi connectivity index (χ1n) is 4.11. The summed E-state index contributed by atoms with van der Waals surface area (Å²) in [4.78, 5) is 26.2. The van der Waals surface area contributed by atoms with E-state index in [9.17, 15) is 9.59 Å². The molecule has 0 aromatic heterocycles. The van der Waals surface area contributed by atoms with Gasteiger partial charge in [0.15, 0.2) is 5.17 Å². The first kappa shape index (κ1) is 10.8. The van der Waals surface area contributed by atoms with Crippen LogP contribution in [-0.2, 0) is 9.59 Å². The van der Waals surface area contributed by atoms with Crippen LogP contribution >= 0.6 is 11.8 Å². The average molecular weight is 213 g/mol. The first-order valence-corrected chi connectivity index (χ1v) is 5.10. The van der Waals surface area contributed by atoms with E-state index in [-0.39, 0.29) is 6.54 Å². The molecule has 1 heterocycles. The molecule has 0 aromatic rings. The quantitative estimate of drug-likeness (QED) is 0.480. The average Bonchev–Trinajstić information content (AvgIpc) is 2.66. The van der Waals surface area contributed by atoms with Gasteiger partial charge < -0.3 is 5.32 Å². The van der Waals surface area contributed by atoms with Gasteiger partial charge >= 0.3 is 11.8 Å². The summed E-state index contributed by atoms with van der Waals surface area (Å²) in [6.07, 6.45) is 1.51. The third kappa shape index (κ3) is 3.21. The Morgan fingerprint density at radius 2 is 2.36 bits per heavy atom. The molecule has 0 bridgehead atoms. The maximum Gasteiger partial charge on any atom is 0.315 e. The van der Waals surface area contributed by atoms with Gasteiger partial charge in [-0.15, -0.1) is 6.58 Å². The van der Waals surface area contributed by atoms with Gasteiger partial charge in [0.2, 0.25) is 0 Å². The van der Waals surface area contributed by atoms with E-state index in [1.54, 1.807) is 0 Å². The summed E-state index contributed by atoms with van der Waals surface area (Å²) in [5, 5.41) is 5.31. The summed E-state index contributed by atoms with van der Waals surface area (Å²) in [5.74, 6) is -0.496. The summed E-state index contributed by atoms with van der Waals surface area (Å²) >= 11 is 1.43. The van der Waals surface area contributed by atoms with E-state index < -0.39 is 11.8 Å². The SMILES string of the molecule is C=CCNC(=O)C(=O)NC1=NCCS1. The van der Waals surface area contributed by atoms with E-state index >= 15 is 0 Å². The van der Waals surface area contributed by atoms with Crippen LogP contribution in [0.4, 0.5) is 0 Å². The van der Waals surface area contributed by atoms with Gasteiger partial charge in [-0.2, -0.15) is 0 Å². The maximum atomic E-state index is 11.2.